The summed E-state index contributed by atoms with van der Waals surface area (Å²) >= 11 is 0. The Bertz CT molecular complexity index is 392. The fraction of sp³-hybridized carbons (Fsp3) is 0.667. The Kier molecular flexibility index (Phi) is 5.47. The first-order valence-electron chi connectivity index (χ1n) is 6.07. The lowest BCUT2D eigenvalue weighted by Crippen LogP contribution is -2.48. The Labute approximate surface area is 110 Å². The quantitative estimate of drug-likeness (QED) is 0.674. The van der Waals surface area contributed by atoms with Crippen LogP contribution in [0.4, 0.5) is 0 Å². The molecule has 7 nitrogen and oxygen atoms in total. The van der Waals surface area contributed by atoms with Gasteiger partial charge in [-0.2, -0.15) is 0 Å². The van der Waals surface area contributed by atoms with Crippen molar-refractivity contribution in [3.63, 3.8) is 0 Å². The average molecular weight is 271 g/mol. The van der Waals surface area contributed by atoms with Gasteiger partial charge in [0.05, 0.1) is 0 Å². The molecule has 2 N–H and O–H groups in total. The molecule has 106 valence electrons. The molecule has 0 unspecified atom stereocenters. The first-order valence-corrected chi connectivity index (χ1v) is 6.07. The molecule has 0 saturated heterocycles. The molecular formula is C12H17NO6. The molecule has 0 aliphatic heterocycles. The van der Waals surface area contributed by atoms with Crippen LogP contribution in [0, 0.1) is 5.92 Å². The normalized spacial score (nSPS) is 20.5. The number of amides is 1. The molecular weight excluding hydrogens is 254 g/mol. The van der Waals surface area contributed by atoms with Crippen molar-refractivity contribution in [3.8, 4) is 0 Å². The van der Waals surface area contributed by atoms with Crippen LogP contribution >= 0.6 is 0 Å². The van der Waals surface area contributed by atoms with Gasteiger partial charge >= 0.3 is 11.9 Å². The summed E-state index contributed by atoms with van der Waals surface area (Å²) in [6, 6.07) is -1.12. The lowest BCUT2D eigenvalue weighted by molar-refractivity contribution is -0.148. The highest BCUT2D eigenvalue weighted by Gasteiger charge is 2.33. The minimum Gasteiger partial charge on any atom is -0.480 e. The smallest absolute Gasteiger partial charge is 0.326 e. The molecule has 7 heteroatoms. The molecule has 0 bridgehead atoms. The Morgan fingerprint density at radius 3 is 2.68 bits per heavy atom. The Balaban J connectivity index is 2.57. The third-order valence-corrected chi connectivity index (χ3v) is 2.98. The first-order chi connectivity index (χ1) is 8.90. The summed E-state index contributed by atoms with van der Waals surface area (Å²) < 4.78 is 4.48. The van der Waals surface area contributed by atoms with E-state index in [1.54, 1.807) is 0 Å². The van der Waals surface area contributed by atoms with Gasteiger partial charge in [0.25, 0.3) is 5.91 Å². The summed E-state index contributed by atoms with van der Waals surface area (Å²) in [4.78, 5) is 44.5. The molecule has 19 heavy (non-hydrogen) atoms. The van der Waals surface area contributed by atoms with Crippen molar-refractivity contribution >= 4 is 23.6 Å². The van der Waals surface area contributed by atoms with Crippen LogP contribution in [-0.2, 0) is 23.9 Å². The number of hydrogen-bond donors (Lipinski definition) is 2. The van der Waals surface area contributed by atoms with Crippen LogP contribution in [0.2, 0.25) is 0 Å². The molecule has 0 radical (unpaired) electrons. The zero-order chi connectivity index (χ0) is 14.4. The van der Waals surface area contributed by atoms with Crippen LogP contribution < -0.4 is 5.32 Å². The maximum Gasteiger partial charge on any atom is 0.326 e. The van der Waals surface area contributed by atoms with Crippen LogP contribution in [0.5, 0.6) is 0 Å². The van der Waals surface area contributed by atoms with Crippen molar-refractivity contribution < 1.29 is 29.0 Å². The summed E-state index contributed by atoms with van der Waals surface area (Å²) in [5.41, 5.74) is 0. The summed E-state index contributed by atoms with van der Waals surface area (Å²) in [6.07, 6.45) is 1.83. The molecule has 0 heterocycles. The van der Waals surface area contributed by atoms with Crippen LogP contribution in [-0.4, -0.2) is 41.4 Å². The number of carboxylic acids is 1. The lowest BCUT2D eigenvalue weighted by Gasteiger charge is -2.27. The van der Waals surface area contributed by atoms with Crippen LogP contribution in [0.15, 0.2) is 0 Å². The Morgan fingerprint density at radius 1 is 1.47 bits per heavy atom. The third-order valence-electron chi connectivity index (χ3n) is 2.98. The SMILES string of the molecule is CC(=O)OCC(=O)N[C@@H](C(=O)O)[C@@H]1CCCC(=O)C1. The van der Waals surface area contributed by atoms with E-state index in [-0.39, 0.29) is 12.2 Å². The van der Waals surface area contributed by atoms with E-state index in [4.69, 9.17) is 5.11 Å². The summed E-state index contributed by atoms with van der Waals surface area (Å²) in [7, 11) is 0. The highest BCUT2D eigenvalue weighted by atomic mass is 16.5. The van der Waals surface area contributed by atoms with E-state index in [2.05, 4.69) is 10.1 Å². The second-order valence-corrected chi connectivity index (χ2v) is 4.56. The molecule has 0 aromatic rings. The van der Waals surface area contributed by atoms with Crippen molar-refractivity contribution in [1.29, 1.82) is 0 Å². The Morgan fingerprint density at radius 2 is 2.16 bits per heavy atom. The number of ether oxygens (including phenoxy) is 1. The largest absolute Gasteiger partial charge is 0.480 e. The van der Waals surface area contributed by atoms with E-state index < -0.39 is 36.4 Å². The molecule has 1 fully saturated rings. The van der Waals surface area contributed by atoms with Crippen molar-refractivity contribution in [2.24, 2.45) is 5.92 Å². The van der Waals surface area contributed by atoms with Crippen molar-refractivity contribution in [3.05, 3.63) is 0 Å². The zero-order valence-electron chi connectivity index (χ0n) is 10.7. The molecule has 0 spiro atoms. The molecule has 2 atom stereocenters. The van der Waals surface area contributed by atoms with Gasteiger partial charge in [-0.15, -0.1) is 0 Å². The predicted molar refractivity (Wildman–Crippen MR) is 63.2 cm³/mol. The van der Waals surface area contributed by atoms with Crippen molar-refractivity contribution in [2.75, 3.05) is 6.61 Å². The predicted octanol–water partition coefficient (Wildman–Crippen LogP) is -0.122. The second-order valence-electron chi connectivity index (χ2n) is 4.56. The molecule has 1 rings (SSSR count). The fourth-order valence-corrected chi connectivity index (χ4v) is 2.11. The Hall–Kier alpha value is -1.92. The van der Waals surface area contributed by atoms with Gasteiger partial charge in [-0.3, -0.25) is 14.4 Å². The number of esters is 1. The van der Waals surface area contributed by atoms with Gasteiger partial charge in [-0.25, -0.2) is 4.79 Å². The van der Waals surface area contributed by atoms with E-state index in [0.717, 1.165) is 6.92 Å². The highest BCUT2D eigenvalue weighted by Crippen LogP contribution is 2.24. The highest BCUT2D eigenvalue weighted by molar-refractivity contribution is 5.86. The van der Waals surface area contributed by atoms with E-state index in [9.17, 15) is 19.2 Å². The summed E-state index contributed by atoms with van der Waals surface area (Å²) in [5, 5.41) is 11.4. The number of hydrogen-bond acceptors (Lipinski definition) is 5. The lowest BCUT2D eigenvalue weighted by atomic mass is 9.83. The van der Waals surface area contributed by atoms with Gasteiger partial charge < -0.3 is 15.2 Å². The molecule has 1 amide bonds. The van der Waals surface area contributed by atoms with Crippen LogP contribution in [0.25, 0.3) is 0 Å². The zero-order valence-corrected chi connectivity index (χ0v) is 10.7. The second kappa shape index (κ2) is 6.86. The number of ketones is 1. The van der Waals surface area contributed by atoms with Gasteiger partial charge in [0.15, 0.2) is 6.61 Å². The van der Waals surface area contributed by atoms with Crippen molar-refractivity contribution in [1.82, 2.24) is 5.32 Å². The van der Waals surface area contributed by atoms with Gasteiger partial charge in [-0.1, -0.05) is 0 Å². The number of Topliss-reactive ketones (excluding diaryl/α,β-unsaturated/α-hetero) is 1. The molecule has 0 aromatic carbocycles. The van der Waals surface area contributed by atoms with E-state index in [1.807, 2.05) is 0 Å². The molecule has 1 saturated carbocycles. The number of rotatable bonds is 5. The fourth-order valence-electron chi connectivity index (χ4n) is 2.11. The maximum atomic E-state index is 11.4. The van der Waals surface area contributed by atoms with Crippen LogP contribution in [0.1, 0.15) is 32.6 Å². The van der Waals surface area contributed by atoms with E-state index in [0.29, 0.717) is 19.3 Å². The minimum atomic E-state index is -1.18. The molecule has 1 aliphatic rings. The number of carbonyl (C=O) groups is 4. The standard InChI is InChI=1S/C12H17NO6/c1-7(14)19-6-10(16)13-11(12(17)18)8-3-2-4-9(15)5-8/h8,11H,2-6H2,1H3,(H,13,16)(H,17,18)/t8-,11-/m1/s1. The average Bonchev–Trinajstić information content (AvgIpc) is 2.33. The van der Waals surface area contributed by atoms with Gasteiger partial charge in [0.1, 0.15) is 11.8 Å². The monoisotopic (exact) mass is 271 g/mol. The number of nitrogens with one attached hydrogen (secondary N) is 1. The maximum absolute atomic E-state index is 11.4. The van der Waals surface area contributed by atoms with Crippen molar-refractivity contribution in [2.45, 2.75) is 38.6 Å². The van der Waals surface area contributed by atoms with Gasteiger partial charge in [-0.05, 0) is 18.8 Å². The minimum absolute atomic E-state index is 0.0109. The number of aliphatic carboxylic acids is 1. The van der Waals surface area contributed by atoms with E-state index >= 15 is 0 Å². The van der Waals surface area contributed by atoms with Gasteiger partial charge in [0, 0.05) is 19.8 Å². The first kappa shape index (κ1) is 15.1. The molecule has 1 aliphatic carbocycles. The third kappa shape index (κ3) is 5.07. The molecule has 0 aromatic heterocycles. The van der Waals surface area contributed by atoms with E-state index in [1.165, 1.54) is 0 Å². The summed E-state index contributed by atoms with van der Waals surface area (Å²) in [6.45, 7) is 0.640. The van der Waals surface area contributed by atoms with Crippen LogP contribution in [0.3, 0.4) is 0 Å². The summed E-state index contributed by atoms with van der Waals surface area (Å²) in [5.74, 6) is -2.87. The topological polar surface area (TPSA) is 110 Å². The number of carboxylic acid groups (broad SMARTS) is 1. The van der Waals surface area contributed by atoms with Gasteiger partial charge in [0.2, 0.25) is 0 Å². The number of carbonyl (C=O) groups excluding carboxylic acids is 3.